The molecule has 0 amide bonds. The number of phenolic OH excluding ortho intramolecular Hbond substituents is 1. The summed E-state index contributed by atoms with van der Waals surface area (Å²) < 4.78 is 1.65. The number of anilines is 1. The summed E-state index contributed by atoms with van der Waals surface area (Å²) >= 11 is 1.58. The zero-order valence-electron chi connectivity index (χ0n) is 10.2. The van der Waals surface area contributed by atoms with Crippen LogP contribution in [0.25, 0.3) is 22.1 Å². The second-order valence-corrected chi connectivity index (χ2v) is 5.08. The molecule has 0 aliphatic carbocycles. The van der Waals surface area contributed by atoms with Gasteiger partial charge in [0.15, 0.2) is 11.6 Å². The molecule has 0 aliphatic rings. The van der Waals surface area contributed by atoms with Gasteiger partial charge in [0.05, 0.1) is 10.4 Å². The Morgan fingerprint density at radius 1 is 1.32 bits per heavy atom. The lowest BCUT2D eigenvalue weighted by Crippen LogP contribution is -1.95. The Balaban J connectivity index is 2.11. The molecule has 1 aromatic carbocycles. The van der Waals surface area contributed by atoms with Gasteiger partial charge in [-0.3, -0.25) is 0 Å². The first kappa shape index (κ1) is 11.7. The maximum Gasteiger partial charge on any atom is 0.191 e. The van der Waals surface area contributed by atoms with Gasteiger partial charge in [0.1, 0.15) is 5.75 Å². The Kier molecular flexibility index (Phi) is 2.72. The molecule has 0 aliphatic heterocycles. The Labute approximate surface area is 114 Å². The molecule has 6 heteroatoms. The predicted octanol–water partition coefficient (Wildman–Crippen LogP) is 2.50. The molecule has 0 atom stereocenters. The van der Waals surface area contributed by atoms with E-state index in [4.69, 9.17) is 5.73 Å². The molecular formula is C13H12N4OS. The van der Waals surface area contributed by atoms with E-state index in [1.807, 2.05) is 17.5 Å². The molecule has 0 fully saturated rings. The van der Waals surface area contributed by atoms with Crippen molar-refractivity contribution in [1.82, 2.24) is 14.8 Å². The topological polar surface area (TPSA) is 77.0 Å². The lowest BCUT2D eigenvalue weighted by atomic mass is 10.1. The molecule has 0 radical (unpaired) electrons. The summed E-state index contributed by atoms with van der Waals surface area (Å²) in [5.74, 6) is 1.37. The van der Waals surface area contributed by atoms with Gasteiger partial charge in [-0.25, -0.2) is 9.67 Å². The Morgan fingerprint density at radius 2 is 2.16 bits per heavy atom. The van der Waals surface area contributed by atoms with Crippen LogP contribution in [0.2, 0.25) is 0 Å². The van der Waals surface area contributed by atoms with Gasteiger partial charge in [-0.2, -0.15) is 0 Å². The van der Waals surface area contributed by atoms with E-state index in [0.717, 1.165) is 4.88 Å². The van der Waals surface area contributed by atoms with E-state index in [9.17, 15) is 5.11 Å². The summed E-state index contributed by atoms with van der Waals surface area (Å²) in [4.78, 5) is 5.47. The number of nitrogens with two attached hydrogens (primary N) is 1. The maximum absolute atomic E-state index is 9.95. The quantitative estimate of drug-likeness (QED) is 0.703. The van der Waals surface area contributed by atoms with Crippen LogP contribution in [0.4, 0.5) is 5.69 Å². The maximum atomic E-state index is 9.95. The van der Waals surface area contributed by atoms with Crippen LogP contribution >= 0.6 is 11.3 Å². The lowest BCUT2D eigenvalue weighted by molar-refractivity contribution is 0.476. The van der Waals surface area contributed by atoms with Crippen molar-refractivity contribution < 1.29 is 5.11 Å². The largest absolute Gasteiger partial charge is 0.507 e. The summed E-state index contributed by atoms with van der Waals surface area (Å²) in [5.41, 5.74) is 6.76. The van der Waals surface area contributed by atoms with Crippen molar-refractivity contribution in [2.75, 3.05) is 5.73 Å². The highest BCUT2D eigenvalue weighted by molar-refractivity contribution is 7.13. The summed E-state index contributed by atoms with van der Waals surface area (Å²) in [7, 11) is 1.80. The fraction of sp³-hybridized carbons (Fsp3) is 0.0769. The molecule has 0 bridgehead atoms. The monoisotopic (exact) mass is 272 g/mol. The third kappa shape index (κ3) is 2.06. The van der Waals surface area contributed by atoms with Gasteiger partial charge in [0.25, 0.3) is 0 Å². The number of thiophene rings is 1. The molecule has 0 unspecified atom stereocenters. The zero-order chi connectivity index (χ0) is 13.4. The highest BCUT2D eigenvalue weighted by Crippen LogP contribution is 2.31. The van der Waals surface area contributed by atoms with Crippen LogP contribution < -0.4 is 5.73 Å². The summed E-state index contributed by atoms with van der Waals surface area (Å²) in [6, 6.07) is 8.90. The fourth-order valence-electron chi connectivity index (χ4n) is 1.87. The second kappa shape index (κ2) is 4.40. The molecule has 0 saturated heterocycles. The molecular weight excluding hydrogens is 260 g/mol. The number of rotatable bonds is 2. The number of benzene rings is 1. The second-order valence-electron chi connectivity index (χ2n) is 4.14. The van der Waals surface area contributed by atoms with Gasteiger partial charge < -0.3 is 10.8 Å². The molecule has 5 nitrogen and oxygen atoms in total. The van der Waals surface area contributed by atoms with Crippen molar-refractivity contribution in [2.45, 2.75) is 0 Å². The van der Waals surface area contributed by atoms with Crippen molar-refractivity contribution >= 4 is 17.0 Å². The molecule has 3 N–H and O–H groups in total. The zero-order valence-corrected chi connectivity index (χ0v) is 11.1. The highest BCUT2D eigenvalue weighted by Gasteiger charge is 2.14. The van der Waals surface area contributed by atoms with E-state index in [0.29, 0.717) is 22.9 Å². The number of hydrogen-bond acceptors (Lipinski definition) is 5. The van der Waals surface area contributed by atoms with E-state index >= 15 is 0 Å². The SMILES string of the molecule is Cn1nc(-c2cccs2)nc1-c1ccc(N)cc1O. The first-order valence-corrected chi connectivity index (χ1v) is 6.57. The minimum atomic E-state index is 0.105. The van der Waals surface area contributed by atoms with Gasteiger partial charge in [0.2, 0.25) is 0 Å². The van der Waals surface area contributed by atoms with Crippen LogP contribution in [0.15, 0.2) is 35.7 Å². The molecule has 2 heterocycles. The minimum Gasteiger partial charge on any atom is -0.507 e. The first-order chi connectivity index (χ1) is 9.15. The number of hydrogen-bond donors (Lipinski definition) is 2. The smallest absolute Gasteiger partial charge is 0.191 e. The standard InChI is InChI=1S/C13H12N4OS/c1-17-13(9-5-4-8(14)7-10(9)18)15-12(16-17)11-3-2-6-19-11/h2-7,18H,14H2,1H3. The molecule has 19 heavy (non-hydrogen) atoms. The van der Waals surface area contributed by atoms with Crippen molar-refractivity contribution in [2.24, 2.45) is 7.05 Å². The van der Waals surface area contributed by atoms with Gasteiger partial charge in [-0.15, -0.1) is 16.4 Å². The average Bonchev–Trinajstić information content (AvgIpc) is 2.98. The summed E-state index contributed by atoms with van der Waals surface area (Å²) in [5, 5.41) is 16.3. The van der Waals surface area contributed by atoms with E-state index < -0.39 is 0 Å². The van der Waals surface area contributed by atoms with Crippen molar-refractivity contribution in [3.8, 4) is 27.8 Å². The highest BCUT2D eigenvalue weighted by atomic mass is 32.1. The van der Waals surface area contributed by atoms with Crippen LogP contribution in [0, 0.1) is 0 Å². The Bertz CT molecular complexity index is 718. The molecule has 0 saturated carbocycles. The molecule has 2 aromatic heterocycles. The van der Waals surface area contributed by atoms with Gasteiger partial charge >= 0.3 is 0 Å². The number of aryl methyl sites for hydroxylation is 1. The summed E-state index contributed by atoms with van der Waals surface area (Å²) in [6.07, 6.45) is 0. The van der Waals surface area contributed by atoms with E-state index in [2.05, 4.69) is 10.1 Å². The Morgan fingerprint density at radius 3 is 2.84 bits per heavy atom. The fourth-order valence-corrected chi connectivity index (χ4v) is 2.52. The van der Waals surface area contributed by atoms with Crippen molar-refractivity contribution in [3.05, 3.63) is 35.7 Å². The number of aromatic nitrogens is 3. The van der Waals surface area contributed by atoms with Crippen molar-refractivity contribution in [1.29, 1.82) is 0 Å². The van der Waals surface area contributed by atoms with Crippen LogP contribution in [-0.2, 0) is 7.05 Å². The molecule has 3 rings (SSSR count). The normalized spacial score (nSPS) is 10.8. The predicted molar refractivity (Wildman–Crippen MR) is 75.8 cm³/mol. The van der Waals surface area contributed by atoms with Gasteiger partial charge in [-0.05, 0) is 23.6 Å². The number of phenols is 1. The van der Waals surface area contributed by atoms with E-state index in [-0.39, 0.29) is 5.75 Å². The Hall–Kier alpha value is -2.34. The third-order valence-corrected chi connectivity index (χ3v) is 3.63. The summed E-state index contributed by atoms with van der Waals surface area (Å²) in [6.45, 7) is 0. The van der Waals surface area contributed by atoms with Gasteiger partial charge in [-0.1, -0.05) is 6.07 Å². The van der Waals surface area contributed by atoms with Crippen LogP contribution in [-0.4, -0.2) is 19.9 Å². The minimum absolute atomic E-state index is 0.105. The molecule has 3 aromatic rings. The van der Waals surface area contributed by atoms with Crippen LogP contribution in [0.3, 0.4) is 0 Å². The number of nitrogens with zero attached hydrogens (tertiary/aromatic N) is 3. The van der Waals surface area contributed by atoms with E-state index in [1.54, 1.807) is 35.2 Å². The third-order valence-electron chi connectivity index (χ3n) is 2.77. The van der Waals surface area contributed by atoms with Crippen molar-refractivity contribution in [3.63, 3.8) is 0 Å². The molecule has 0 spiro atoms. The first-order valence-electron chi connectivity index (χ1n) is 5.69. The molecule has 96 valence electrons. The number of aromatic hydroxyl groups is 1. The average molecular weight is 272 g/mol. The van der Waals surface area contributed by atoms with Gasteiger partial charge in [0, 0.05) is 18.8 Å². The lowest BCUT2D eigenvalue weighted by Gasteiger charge is -2.03. The van der Waals surface area contributed by atoms with Crippen LogP contribution in [0.1, 0.15) is 0 Å². The van der Waals surface area contributed by atoms with Crippen LogP contribution in [0.5, 0.6) is 5.75 Å². The number of nitrogen functional groups attached to an aromatic ring is 1. The van der Waals surface area contributed by atoms with E-state index in [1.165, 1.54) is 6.07 Å².